The van der Waals surface area contributed by atoms with E-state index in [0.717, 1.165) is 48.2 Å². The highest BCUT2D eigenvalue weighted by Crippen LogP contribution is 2.20. The minimum Gasteiger partial charge on any atom is -0.402 e. The lowest BCUT2D eigenvalue weighted by Gasteiger charge is -2.09. The summed E-state index contributed by atoms with van der Waals surface area (Å²) in [5, 5.41) is 24.8. The van der Waals surface area contributed by atoms with Gasteiger partial charge < -0.3 is 26.7 Å². The normalized spacial score (nSPS) is 12.2. The number of aryl methyl sites for hydroxylation is 1. The van der Waals surface area contributed by atoms with E-state index < -0.39 is 12.0 Å². The van der Waals surface area contributed by atoms with Crippen LogP contribution in [-0.4, -0.2) is 34.5 Å². The van der Waals surface area contributed by atoms with Crippen molar-refractivity contribution >= 4 is 28.7 Å². The summed E-state index contributed by atoms with van der Waals surface area (Å²) in [4.78, 5) is 22.1. The number of hydrogen-bond donors (Lipinski definition) is 5. The fraction of sp³-hybridized carbons (Fsp3) is 0.259. The Bertz CT molecular complexity index is 1150. The van der Waals surface area contributed by atoms with Crippen LogP contribution < -0.4 is 22.1 Å². The Morgan fingerprint density at radius 2 is 1.70 bits per heavy atom. The molecule has 0 aliphatic carbocycles. The van der Waals surface area contributed by atoms with E-state index in [1.54, 1.807) is 43.5 Å². The van der Waals surface area contributed by atoms with Gasteiger partial charge in [0.1, 0.15) is 11.3 Å². The van der Waals surface area contributed by atoms with Gasteiger partial charge in [-0.25, -0.2) is 0 Å². The second-order valence-corrected chi connectivity index (χ2v) is 9.04. The lowest BCUT2D eigenvalue weighted by Crippen LogP contribution is -2.20. The van der Waals surface area contributed by atoms with E-state index in [1.807, 2.05) is 36.4 Å². The van der Waals surface area contributed by atoms with Crippen LogP contribution >= 0.6 is 11.3 Å². The molecule has 0 fully saturated rings. The summed E-state index contributed by atoms with van der Waals surface area (Å²) in [6.07, 6.45) is 7.04. The number of benzene rings is 2. The third kappa shape index (κ3) is 11.5. The van der Waals surface area contributed by atoms with Gasteiger partial charge in [-0.15, -0.1) is 10.2 Å². The number of nitrogens with zero attached hydrogens (tertiary/aromatic N) is 2. The first-order valence-electron chi connectivity index (χ1n) is 11.9. The molecule has 9 nitrogen and oxygen atoms in total. The Kier molecular flexibility index (Phi) is 13.1. The van der Waals surface area contributed by atoms with E-state index in [4.69, 9.17) is 11.5 Å². The third-order valence-electron chi connectivity index (χ3n) is 5.09. The molecule has 0 saturated heterocycles. The van der Waals surface area contributed by atoms with Crippen LogP contribution in [0.3, 0.4) is 0 Å². The first-order chi connectivity index (χ1) is 17.9. The number of nitrogens with two attached hydrogens (primary N) is 2. The minimum absolute atomic E-state index is 0.377. The van der Waals surface area contributed by atoms with Gasteiger partial charge in [0.2, 0.25) is 5.13 Å². The third-order valence-corrected chi connectivity index (χ3v) is 5.99. The lowest BCUT2D eigenvalue weighted by atomic mass is 10.1. The van der Waals surface area contributed by atoms with E-state index in [1.165, 1.54) is 11.3 Å². The van der Waals surface area contributed by atoms with Crippen molar-refractivity contribution < 1.29 is 14.7 Å². The van der Waals surface area contributed by atoms with Gasteiger partial charge in [-0.05, 0) is 42.5 Å². The van der Waals surface area contributed by atoms with Crippen molar-refractivity contribution in [2.45, 2.75) is 38.2 Å². The molecule has 1 unspecified atom stereocenters. The number of nitrogens with one attached hydrogen (secondary N) is 2. The zero-order valence-electron chi connectivity index (χ0n) is 20.8. The number of allylic oxidation sites excluding steroid dienone is 3. The number of aromatic nitrogens is 2. The Balaban J connectivity index is 0.000000449. The number of aliphatic hydroxyl groups is 1. The van der Waals surface area contributed by atoms with Crippen LogP contribution in [0, 0.1) is 0 Å². The molecule has 3 aromatic rings. The van der Waals surface area contributed by atoms with E-state index >= 15 is 0 Å². The molecule has 196 valence electrons. The van der Waals surface area contributed by atoms with Gasteiger partial charge in [0.25, 0.3) is 5.91 Å². The number of unbranched alkanes of at least 4 members (excludes halogenated alkanes) is 1. The number of amides is 1. The quantitative estimate of drug-likeness (QED) is 0.138. The van der Waals surface area contributed by atoms with Crippen molar-refractivity contribution in [1.82, 2.24) is 15.5 Å². The van der Waals surface area contributed by atoms with Crippen LogP contribution in [0.2, 0.25) is 0 Å². The first kappa shape index (κ1) is 29.2. The molecule has 1 aromatic heterocycles. The maximum absolute atomic E-state index is 12.1. The molecule has 1 atom stereocenters. The summed E-state index contributed by atoms with van der Waals surface area (Å²) in [5.74, 6) is 0.0319. The Labute approximate surface area is 221 Å². The van der Waals surface area contributed by atoms with Gasteiger partial charge >= 0.3 is 0 Å². The van der Waals surface area contributed by atoms with Crippen molar-refractivity contribution in [2.24, 2.45) is 11.5 Å². The summed E-state index contributed by atoms with van der Waals surface area (Å²) >= 11 is 1.30. The SMILES string of the molecule is CN/C(N)=C/C=C(\N)CCCCc1nnc(NC(=O)C(O)c2ccccc2)s1.O=CCc1ccccc1. The van der Waals surface area contributed by atoms with E-state index in [-0.39, 0.29) is 0 Å². The topological polar surface area (TPSA) is 156 Å². The predicted molar refractivity (Wildman–Crippen MR) is 147 cm³/mol. The van der Waals surface area contributed by atoms with Crippen LogP contribution in [0.4, 0.5) is 5.13 Å². The molecule has 7 N–H and O–H groups in total. The molecule has 10 heteroatoms. The van der Waals surface area contributed by atoms with Gasteiger partial charge in [0, 0.05) is 25.6 Å². The Morgan fingerprint density at radius 1 is 1.03 bits per heavy atom. The van der Waals surface area contributed by atoms with Crippen molar-refractivity contribution in [1.29, 1.82) is 0 Å². The van der Waals surface area contributed by atoms with E-state index in [9.17, 15) is 14.7 Å². The molecule has 1 heterocycles. The number of rotatable bonds is 12. The standard InChI is InChI=1S/C19H26N6O2S.C8H8O/c1-22-15(21)12-11-14(20)9-5-6-10-16-24-25-19(28-16)23-18(27)17(26)13-7-3-2-4-8-13;9-7-6-8-4-2-1-3-5-8/h2-4,7-8,11-12,17,22,26H,5-6,9-10,20-21H2,1H3,(H,23,25,27);1-5,7H,6H2/b14-11-,15-12+;. The van der Waals surface area contributed by atoms with Gasteiger partial charge in [0.15, 0.2) is 6.10 Å². The summed E-state index contributed by atoms with van der Waals surface area (Å²) < 4.78 is 0. The largest absolute Gasteiger partial charge is 0.402 e. The zero-order valence-corrected chi connectivity index (χ0v) is 21.7. The number of carbonyl (C=O) groups is 2. The summed E-state index contributed by atoms with van der Waals surface area (Å²) in [7, 11) is 1.75. The molecule has 0 aliphatic rings. The van der Waals surface area contributed by atoms with Crippen LogP contribution in [0.25, 0.3) is 0 Å². The van der Waals surface area contributed by atoms with Crippen molar-refractivity contribution in [2.75, 3.05) is 12.4 Å². The molecule has 0 spiro atoms. The number of carbonyl (C=O) groups excluding carboxylic acids is 2. The fourth-order valence-corrected chi connectivity index (χ4v) is 3.83. The molecule has 3 rings (SSSR count). The number of aliphatic hydroxyl groups excluding tert-OH is 1. The monoisotopic (exact) mass is 522 g/mol. The molecular weight excluding hydrogens is 488 g/mol. The minimum atomic E-state index is -1.24. The highest BCUT2D eigenvalue weighted by molar-refractivity contribution is 7.15. The fourth-order valence-electron chi connectivity index (χ4n) is 3.04. The summed E-state index contributed by atoms with van der Waals surface area (Å²) in [6.45, 7) is 0. The molecule has 0 radical (unpaired) electrons. The number of aldehydes is 1. The van der Waals surface area contributed by atoms with Crippen LogP contribution in [0.5, 0.6) is 0 Å². The molecule has 2 aromatic carbocycles. The van der Waals surface area contributed by atoms with Crippen LogP contribution in [0.1, 0.15) is 41.5 Å². The maximum atomic E-state index is 12.1. The molecule has 0 saturated carbocycles. The molecule has 0 aliphatic heterocycles. The molecular formula is C27H34N6O3S. The van der Waals surface area contributed by atoms with Crippen molar-refractivity contribution in [3.63, 3.8) is 0 Å². The average Bonchev–Trinajstić information content (AvgIpc) is 3.37. The highest BCUT2D eigenvalue weighted by atomic mass is 32.1. The molecule has 0 bridgehead atoms. The van der Waals surface area contributed by atoms with Crippen LogP contribution in [0.15, 0.2) is 84.3 Å². The summed E-state index contributed by atoms with van der Waals surface area (Å²) in [5.41, 5.74) is 13.9. The predicted octanol–water partition coefficient (Wildman–Crippen LogP) is 3.21. The van der Waals surface area contributed by atoms with E-state index in [2.05, 4.69) is 20.8 Å². The van der Waals surface area contributed by atoms with E-state index in [0.29, 0.717) is 22.9 Å². The Morgan fingerprint density at radius 3 is 2.35 bits per heavy atom. The average molecular weight is 523 g/mol. The number of hydrogen-bond acceptors (Lipinski definition) is 9. The molecule has 37 heavy (non-hydrogen) atoms. The highest BCUT2D eigenvalue weighted by Gasteiger charge is 2.18. The lowest BCUT2D eigenvalue weighted by molar-refractivity contribution is -0.124. The maximum Gasteiger partial charge on any atom is 0.259 e. The second-order valence-electron chi connectivity index (χ2n) is 7.98. The van der Waals surface area contributed by atoms with Crippen LogP contribution in [-0.2, 0) is 22.4 Å². The van der Waals surface area contributed by atoms with Gasteiger partial charge in [-0.3, -0.25) is 10.1 Å². The first-order valence-corrected chi connectivity index (χ1v) is 12.7. The smallest absolute Gasteiger partial charge is 0.259 e. The summed E-state index contributed by atoms with van der Waals surface area (Å²) in [6, 6.07) is 18.4. The van der Waals surface area contributed by atoms with Crippen molar-refractivity contribution in [3.05, 3.63) is 100 Å². The van der Waals surface area contributed by atoms with Crippen molar-refractivity contribution in [3.8, 4) is 0 Å². The van der Waals surface area contributed by atoms with Gasteiger partial charge in [-0.2, -0.15) is 0 Å². The van der Waals surface area contributed by atoms with Gasteiger partial charge in [0.05, 0.1) is 5.82 Å². The second kappa shape index (κ2) is 16.6. The van der Waals surface area contributed by atoms with Gasteiger partial charge in [-0.1, -0.05) is 72.0 Å². The zero-order chi connectivity index (χ0) is 26.9. The Hall–Kier alpha value is -4.02. The number of anilines is 1. The molecule has 1 amide bonds.